The van der Waals surface area contributed by atoms with Gasteiger partial charge in [0.15, 0.2) is 6.61 Å². The summed E-state index contributed by atoms with van der Waals surface area (Å²) in [5.74, 6) is 0.268. The van der Waals surface area contributed by atoms with Crippen molar-refractivity contribution in [3.05, 3.63) is 29.8 Å². The van der Waals surface area contributed by atoms with Crippen LogP contribution in [0.5, 0.6) is 5.75 Å². The van der Waals surface area contributed by atoms with Crippen molar-refractivity contribution in [2.75, 3.05) is 6.61 Å². The Kier molecular flexibility index (Phi) is 6.25. The molecule has 4 nitrogen and oxygen atoms in total. The lowest BCUT2D eigenvalue weighted by molar-refractivity contribution is -0.119. The molecule has 0 spiro atoms. The number of hydrogen-bond donors (Lipinski definition) is 1. The second-order valence-electron chi connectivity index (χ2n) is 6.27. The molecule has 1 aliphatic rings. The van der Waals surface area contributed by atoms with Crippen molar-refractivity contribution < 1.29 is 9.53 Å². The number of carbonyl (C=O) groups excluding carboxylic acids is 1. The minimum atomic E-state index is -0.447. The monoisotopic (exact) mass is 304 g/mol. The minimum absolute atomic E-state index is 0.0683. The molecule has 2 N–H and O–H groups in total. The van der Waals surface area contributed by atoms with Crippen LogP contribution in [0.1, 0.15) is 51.5 Å². The van der Waals surface area contributed by atoms with Crippen molar-refractivity contribution >= 4 is 5.91 Å². The van der Waals surface area contributed by atoms with E-state index < -0.39 is 5.91 Å². The van der Waals surface area contributed by atoms with Crippen molar-refractivity contribution in [2.45, 2.75) is 64.6 Å². The molecule has 0 heterocycles. The lowest BCUT2D eigenvalue weighted by Crippen LogP contribution is -2.39. The zero-order chi connectivity index (χ0) is 15.9. The van der Waals surface area contributed by atoms with E-state index in [1.165, 1.54) is 31.2 Å². The molecule has 1 aromatic carbocycles. The third-order valence-electron chi connectivity index (χ3n) is 4.60. The molecule has 1 aliphatic carbocycles. The highest BCUT2D eigenvalue weighted by Crippen LogP contribution is 2.28. The number of nitrogens with zero attached hydrogens (tertiary/aromatic N) is 1. The fraction of sp³-hybridized carbons (Fsp3) is 0.611. The summed E-state index contributed by atoms with van der Waals surface area (Å²) < 4.78 is 5.41. The Balaban J connectivity index is 2.05. The van der Waals surface area contributed by atoms with Crippen molar-refractivity contribution in [1.82, 2.24) is 4.90 Å². The minimum Gasteiger partial charge on any atom is -0.484 e. The van der Waals surface area contributed by atoms with Crippen molar-refractivity contribution in [3.8, 4) is 5.75 Å². The first-order valence-corrected chi connectivity index (χ1v) is 8.36. The Bertz CT molecular complexity index is 484. The predicted octanol–water partition coefficient (Wildman–Crippen LogP) is 3.09. The highest BCUT2D eigenvalue weighted by molar-refractivity contribution is 5.75. The fourth-order valence-electron chi connectivity index (χ4n) is 3.21. The van der Waals surface area contributed by atoms with Gasteiger partial charge in [-0.3, -0.25) is 9.69 Å². The zero-order valence-electron chi connectivity index (χ0n) is 13.8. The molecule has 0 bridgehead atoms. The molecule has 2 rings (SSSR count). The maximum Gasteiger partial charge on any atom is 0.255 e. The quantitative estimate of drug-likeness (QED) is 0.803. The van der Waals surface area contributed by atoms with Gasteiger partial charge in [-0.15, -0.1) is 0 Å². The summed E-state index contributed by atoms with van der Waals surface area (Å²) in [6.07, 6.45) is 6.47. The Morgan fingerprint density at radius 3 is 2.77 bits per heavy atom. The average molecular weight is 304 g/mol. The molecule has 22 heavy (non-hydrogen) atoms. The van der Waals surface area contributed by atoms with E-state index in [4.69, 9.17) is 10.5 Å². The van der Waals surface area contributed by atoms with Crippen molar-refractivity contribution in [3.63, 3.8) is 0 Å². The maximum atomic E-state index is 10.8. The van der Waals surface area contributed by atoms with E-state index in [-0.39, 0.29) is 6.61 Å². The number of amides is 1. The number of nitrogens with two attached hydrogens (primary N) is 1. The molecule has 1 aromatic rings. The van der Waals surface area contributed by atoms with Crippen LogP contribution in [0.25, 0.3) is 0 Å². The molecule has 0 aromatic heterocycles. The average Bonchev–Trinajstić information content (AvgIpc) is 3.04. The van der Waals surface area contributed by atoms with Gasteiger partial charge in [0.25, 0.3) is 5.91 Å². The Morgan fingerprint density at radius 1 is 1.41 bits per heavy atom. The van der Waals surface area contributed by atoms with Crippen LogP contribution in [0.3, 0.4) is 0 Å². The molecular formula is C18H28N2O2. The summed E-state index contributed by atoms with van der Waals surface area (Å²) in [7, 11) is 0. The van der Waals surface area contributed by atoms with Crippen molar-refractivity contribution in [2.24, 2.45) is 5.73 Å². The van der Waals surface area contributed by atoms with Crippen LogP contribution in [-0.4, -0.2) is 29.5 Å². The van der Waals surface area contributed by atoms with Gasteiger partial charge in [-0.1, -0.05) is 31.9 Å². The van der Waals surface area contributed by atoms with Gasteiger partial charge < -0.3 is 10.5 Å². The first-order chi connectivity index (χ1) is 10.6. The second kappa shape index (κ2) is 8.18. The van der Waals surface area contributed by atoms with Gasteiger partial charge in [0.2, 0.25) is 0 Å². The van der Waals surface area contributed by atoms with Gasteiger partial charge >= 0.3 is 0 Å². The molecule has 1 amide bonds. The van der Waals surface area contributed by atoms with Crippen molar-refractivity contribution in [1.29, 1.82) is 0 Å². The van der Waals surface area contributed by atoms with Gasteiger partial charge in [0.05, 0.1) is 0 Å². The molecule has 1 fully saturated rings. The van der Waals surface area contributed by atoms with Gasteiger partial charge in [-0.2, -0.15) is 0 Å². The molecule has 122 valence electrons. The van der Waals surface area contributed by atoms with Gasteiger partial charge in [-0.25, -0.2) is 0 Å². The normalized spacial score (nSPS) is 16.9. The number of carbonyl (C=O) groups is 1. The summed E-state index contributed by atoms with van der Waals surface area (Å²) in [6.45, 7) is 5.43. The van der Waals surface area contributed by atoms with Crippen LogP contribution in [0.2, 0.25) is 0 Å². The molecular weight excluding hydrogens is 276 g/mol. The third-order valence-corrected chi connectivity index (χ3v) is 4.60. The zero-order valence-corrected chi connectivity index (χ0v) is 13.8. The number of benzene rings is 1. The highest BCUT2D eigenvalue weighted by atomic mass is 16.5. The molecule has 1 saturated carbocycles. The Labute approximate surface area is 133 Å². The van der Waals surface area contributed by atoms with E-state index in [0.717, 1.165) is 13.0 Å². The predicted molar refractivity (Wildman–Crippen MR) is 88.7 cm³/mol. The summed E-state index contributed by atoms with van der Waals surface area (Å²) in [5.41, 5.74) is 6.36. The second-order valence-corrected chi connectivity index (χ2v) is 6.27. The smallest absolute Gasteiger partial charge is 0.255 e. The van der Waals surface area contributed by atoms with Crippen LogP contribution in [0, 0.1) is 0 Å². The SMILES string of the molecule is CC[C@@H](C)N(Cc1cccc(OCC(N)=O)c1)C1CCCC1. The molecule has 0 aliphatic heterocycles. The van der Waals surface area contributed by atoms with E-state index in [0.29, 0.717) is 17.8 Å². The third kappa shape index (κ3) is 4.73. The number of primary amides is 1. The van der Waals surface area contributed by atoms with Crippen LogP contribution in [-0.2, 0) is 11.3 Å². The molecule has 1 atom stereocenters. The van der Waals surface area contributed by atoms with E-state index >= 15 is 0 Å². The Morgan fingerprint density at radius 2 is 2.14 bits per heavy atom. The summed E-state index contributed by atoms with van der Waals surface area (Å²) in [4.78, 5) is 13.5. The highest BCUT2D eigenvalue weighted by Gasteiger charge is 2.25. The summed E-state index contributed by atoms with van der Waals surface area (Å²) >= 11 is 0. The fourth-order valence-corrected chi connectivity index (χ4v) is 3.21. The largest absolute Gasteiger partial charge is 0.484 e. The van der Waals surface area contributed by atoms with Crippen LogP contribution in [0.4, 0.5) is 0 Å². The topological polar surface area (TPSA) is 55.6 Å². The lowest BCUT2D eigenvalue weighted by atomic mass is 10.1. The van der Waals surface area contributed by atoms with Gasteiger partial charge in [0.1, 0.15) is 5.75 Å². The van der Waals surface area contributed by atoms with Crippen LogP contribution >= 0.6 is 0 Å². The lowest BCUT2D eigenvalue weighted by Gasteiger charge is -2.34. The van der Waals surface area contributed by atoms with Gasteiger partial charge in [0, 0.05) is 18.6 Å². The maximum absolute atomic E-state index is 10.8. The molecule has 0 unspecified atom stereocenters. The Hall–Kier alpha value is -1.55. The number of rotatable bonds is 8. The van der Waals surface area contributed by atoms with E-state index in [9.17, 15) is 4.79 Å². The first-order valence-electron chi connectivity index (χ1n) is 8.36. The number of hydrogen-bond acceptors (Lipinski definition) is 3. The standard InChI is InChI=1S/C18H28N2O2/c1-3-14(2)20(16-8-4-5-9-16)12-15-7-6-10-17(11-15)22-13-18(19)21/h6-7,10-11,14,16H,3-5,8-9,12-13H2,1-2H3,(H2,19,21)/t14-/m1/s1. The molecule has 0 saturated heterocycles. The summed E-state index contributed by atoms with van der Waals surface area (Å²) in [6, 6.07) is 9.28. The van der Waals surface area contributed by atoms with Crippen LogP contribution < -0.4 is 10.5 Å². The molecule has 4 heteroatoms. The van der Waals surface area contributed by atoms with E-state index in [1.807, 2.05) is 18.2 Å². The van der Waals surface area contributed by atoms with E-state index in [2.05, 4.69) is 24.8 Å². The molecule has 0 radical (unpaired) electrons. The first kappa shape index (κ1) is 16.8. The van der Waals surface area contributed by atoms with Gasteiger partial charge in [-0.05, 0) is 43.9 Å². The number of ether oxygens (including phenoxy) is 1. The summed E-state index contributed by atoms with van der Waals surface area (Å²) in [5, 5.41) is 0. The van der Waals surface area contributed by atoms with Crippen LogP contribution in [0.15, 0.2) is 24.3 Å². The van der Waals surface area contributed by atoms with E-state index in [1.54, 1.807) is 0 Å².